The molecular formula is C14H26N2O3. The van der Waals surface area contributed by atoms with Crippen molar-refractivity contribution < 1.29 is 14.7 Å². The van der Waals surface area contributed by atoms with Gasteiger partial charge in [0.2, 0.25) is 11.8 Å². The number of likely N-dealkylation sites (tertiary alicyclic amines) is 1. The summed E-state index contributed by atoms with van der Waals surface area (Å²) in [6, 6.07) is 0. The van der Waals surface area contributed by atoms with Crippen LogP contribution >= 0.6 is 0 Å². The maximum atomic E-state index is 12.3. The van der Waals surface area contributed by atoms with E-state index in [4.69, 9.17) is 5.11 Å². The zero-order valence-electron chi connectivity index (χ0n) is 12.3. The zero-order valence-corrected chi connectivity index (χ0v) is 12.3. The van der Waals surface area contributed by atoms with Gasteiger partial charge in [-0.25, -0.2) is 0 Å². The Labute approximate surface area is 115 Å². The summed E-state index contributed by atoms with van der Waals surface area (Å²) in [6.45, 7) is 8.64. The van der Waals surface area contributed by atoms with Gasteiger partial charge in [0.1, 0.15) is 0 Å². The largest absolute Gasteiger partial charge is 0.396 e. The van der Waals surface area contributed by atoms with E-state index in [9.17, 15) is 9.59 Å². The van der Waals surface area contributed by atoms with Gasteiger partial charge in [-0.3, -0.25) is 9.59 Å². The third kappa shape index (κ3) is 4.49. The van der Waals surface area contributed by atoms with Crippen LogP contribution in [0.1, 0.15) is 33.6 Å². The number of carbonyl (C=O) groups is 2. The van der Waals surface area contributed by atoms with Gasteiger partial charge in [0, 0.05) is 39.2 Å². The number of aliphatic hydroxyl groups is 1. The van der Waals surface area contributed by atoms with Crippen LogP contribution in [-0.2, 0) is 9.59 Å². The van der Waals surface area contributed by atoms with Crippen molar-refractivity contribution in [3.63, 3.8) is 0 Å². The first-order valence-electron chi connectivity index (χ1n) is 7.17. The van der Waals surface area contributed by atoms with Gasteiger partial charge in [-0.1, -0.05) is 13.8 Å². The maximum Gasteiger partial charge on any atom is 0.227 e. The lowest BCUT2D eigenvalue weighted by Crippen LogP contribution is -2.38. The first-order valence-corrected chi connectivity index (χ1v) is 7.17. The molecule has 1 fully saturated rings. The summed E-state index contributed by atoms with van der Waals surface area (Å²) in [4.78, 5) is 27.7. The third-order valence-electron chi connectivity index (χ3n) is 3.43. The summed E-state index contributed by atoms with van der Waals surface area (Å²) in [5, 5.41) is 8.84. The van der Waals surface area contributed by atoms with Crippen molar-refractivity contribution in [2.45, 2.75) is 33.6 Å². The van der Waals surface area contributed by atoms with E-state index in [0.29, 0.717) is 38.4 Å². The summed E-state index contributed by atoms with van der Waals surface area (Å²) in [6.07, 6.45) is 0.928. The molecule has 0 aliphatic carbocycles. The molecule has 1 aliphatic rings. The zero-order chi connectivity index (χ0) is 14.4. The van der Waals surface area contributed by atoms with Crippen LogP contribution in [0.25, 0.3) is 0 Å². The van der Waals surface area contributed by atoms with E-state index in [1.807, 2.05) is 6.92 Å². The summed E-state index contributed by atoms with van der Waals surface area (Å²) in [5.74, 6) is 0.361. The van der Waals surface area contributed by atoms with Crippen LogP contribution in [0.4, 0.5) is 0 Å². The SMILES string of the molecule is CCN(CCCO)C(=O)C1CC(=O)N(CC(C)C)C1. The Morgan fingerprint density at radius 1 is 1.53 bits per heavy atom. The molecule has 19 heavy (non-hydrogen) atoms. The highest BCUT2D eigenvalue weighted by molar-refractivity contribution is 5.89. The molecule has 0 saturated carbocycles. The summed E-state index contributed by atoms with van der Waals surface area (Å²) < 4.78 is 0. The third-order valence-corrected chi connectivity index (χ3v) is 3.43. The highest BCUT2D eigenvalue weighted by Crippen LogP contribution is 2.21. The van der Waals surface area contributed by atoms with Gasteiger partial charge in [-0.2, -0.15) is 0 Å². The van der Waals surface area contributed by atoms with Crippen LogP contribution in [0.3, 0.4) is 0 Å². The van der Waals surface area contributed by atoms with Crippen molar-refractivity contribution in [2.75, 3.05) is 32.8 Å². The second kappa shape index (κ2) is 7.48. The van der Waals surface area contributed by atoms with E-state index < -0.39 is 0 Å². The quantitative estimate of drug-likeness (QED) is 0.741. The Morgan fingerprint density at radius 2 is 2.21 bits per heavy atom. The highest BCUT2D eigenvalue weighted by Gasteiger charge is 2.36. The molecule has 0 aromatic heterocycles. The minimum atomic E-state index is -0.204. The summed E-state index contributed by atoms with van der Waals surface area (Å²) >= 11 is 0. The molecule has 1 N–H and O–H groups in total. The minimum Gasteiger partial charge on any atom is -0.396 e. The van der Waals surface area contributed by atoms with Gasteiger partial charge in [0.15, 0.2) is 0 Å². The standard InChI is InChI=1S/C14H26N2O3/c1-4-15(6-5-7-17)14(19)12-8-13(18)16(10-12)9-11(2)3/h11-12,17H,4-10H2,1-3H3. The van der Waals surface area contributed by atoms with Crippen LogP contribution in [0.5, 0.6) is 0 Å². The van der Waals surface area contributed by atoms with E-state index in [1.54, 1.807) is 9.80 Å². The molecule has 0 spiro atoms. The first kappa shape index (κ1) is 16.0. The Bertz CT molecular complexity index is 318. The minimum absolute atomic E-state index is 0.0514. The fourth-order valence-corrected chi connectivity index (χ4v) is 2.50. The fourth-order valence-electron chi connectivity index (χ4n) is 2.50. The Kier molecular flexibility index (Phi) is 6.28. The number of amides is 2. The average Bonchev–Trinajstić information content (AvgIpc) is 2.71. The van der Waals surface area contributed by atoms with Crippen LogP contribution < -0.4 is 0 Å². The van der Waals surface area contributed by atoms with E-state index in [0.717, 1.165) is 6.54 Å². The number of rotatable bonds is 7. The Hall–Kier alpha value is -1.10. The molecule has 1 aliphatic heterocycles. The number of nitrogens with zero attached hydrogens (tertiary/aromatic N) is 2. The van der Waals surface area contributed by atoms with Crippen LogP contribution in [-0.4, -0.2) is 59.5 Å². The molecule has 1 rings (SSSR count). The van der Waals surface area contributed by atoms with E-state index in [2.05, 4.69) is 13.8 Å². The normalized spacial score (nSPS) is 19.3. The van der Waals surface area contributed by atoms with Crippen molar-refractivity contribution >= 4 is 11.8 Å². The highest BCUT2D eigenvalue weighted by atomic mass is 16.3. The molecule has 1 saturated heterocycles. The second-order valence-electron chi connectivity index (χ2n) is 5.59. The molecule has 2 amide bonds. The van der Waals surface area contributed by atoms with Crippen molar-refractivity contribution in [2.24, 2.45) is 11.8 Å². The topological polar surface area (TPSA) is 60.9 Å². The Balaban J connectivity index is 2.56. The lowest BCUT2D eigenvalue weighted by atomic mass is 10.1. The lowest BCUT2D eigenvalue weighted by Gasteiger charge is -2.24. The van der Waals surface area contributed by atoms with E-state index in [1.165, 1.54) is 0 Å². The average molecular weight is 270 g/mol. The second-order valence-corrected chi connectivity index (χ2v) is 5.59. The monoisotopic (exact) mass is 270 g/mol. The molecule has 0 bridgehead atoms. The predicted molar refractivity (Wildman–Crippen MR) is 73.5 cm³/mol. The molecule has 5 heteroatoms. The van der Waals surface area contributed by atoms with Gasteiger partial charge >= 0.3 is 0 Å². The van der Waals surface area contributed by atoms with Crippen LogP contribution in [0.2, 0.25) is 0 Å². The van der Waals surface area contributed by atoms with Crippen LogP contribution in [0.15, 0.2) is 0 Å². The molecule has 1 atom stereocenters. The molecular weight excluding hydrogens is 244 g/mol. The molecule has 0 radical (unpaired) electrons. The number of carbonyl (C=O) groups excluding carboxylic acids is 2. The predicted octanol–water partition coefficient (Wildman–Crippen LogP) is 0.722. The lowest BCUT2D eigenvalue weighted by molar-refractivity contribution is -0.135. The van der Waals surface area contributed by atoms with E-state index >= 15 is 0 Å². The molecule has 0 aromatic carbocycles. The van der Waals surface area contributed by atoms with Crippen LogP contribution in [0, 0.1) is 11.8 Å². The number of hydrogen-bond donors (Lipinski definition) is 1. The molecule has 1 heterocycles. The number of hydrogen-bond acceptors (Lipinski definition) is 3. The van der Waals surface area contributed by atoms with Gasteiger partial charge in [0.05, 0.1) is 5.92 Å². The van der Waals surface area contributed by atoms with Gasteiger partial charge in [-0.05, 0) is 19.3 Å². The van der Waals surface area contributed by atoms with Gasteiger partial charge in [-0.15, -0.1) is 0 Å². The van der Waals surface area contributed by atoms with Gasteiger partial charge in [0.25, 0.3) is 0 Å². The molecule has 110 valence electrons. The molecule has 5 nitrogen and oxygen atoms in total. The van der Waals surface area contributed by atoms with E-state index in [-0.39, 0.29) is 24.3 Å². The summed E-state index contributed by atoms with van der Waals surface area (Å²) in [5.41, 5.74) is 0. The fraction of sp³-hybridized carbons (Fsp3) is 0.857. The molecule has 1 unspecified atom stereocenters. The van der Waals surface area contributed by atoms with Crippen molar-refractivity contribution in [3.8, 4) is 0 Å². The van der Waals surface area contributed by atoms with Gasteiger partial charge < -0.3 is 14.9 Å². The Morgan fingerprint density at radius 3 is 2.74 bits per heavy atom. The maximum absolute atomic E-state index is 12.3. The first-order chi connectivity index (χ1) is 8.99. The van der Waals surface area contributed by atoms with Crippen molar-refractivity contribution in [1.29, 1.82) is 0 Å². The van der Waals surface area contributed by atoms with Crippen molar-refractivity contribution in [3.05, 3.63) is 0 Å². The van der Waals surface area contributed by atoms with Crippen molar-refractivity contribution in [1.82, 2.24) is 9.80 Å². The molecule has 0 aromatic rings. The number of aliphatic hydroxyl groups excluding tert-OH is 1. The summed E-state index contributed by atoms with van der Waals surface area (Å²) in [7, 11) is 0. The smallest absolute Gasteiger partial charge is 0.227 e.